The van der Waals surface area contributed by atoms with Gasteiger partial charge in [-0.2, -0.15) is 0 Å². The smallest absolute Gasteiger partial charge is 0.356 e. The number of carboxylic acid groups (broad SMARTS) is 1. The molecule has 1 atom stereocenters. The van der Waals surface area contributed by atoms with Crippen LogP contribution in [0.5, 0.6) is 5.75 Å². The summed E-state index contributed by atoms with van der Waals surface area (Å²) in [6, 6.07) is 14.8. The van der Waals surface area contributed by atoms with Crippen molar-refractivity contribution in [3.8, 4) is 28.1 Å². The predicted octanol–water partition coefficient (Wildman–Crippen LogP) is 6.35. The number of halogens is 5. The number of fused-ring (bicyclic) bond motifs is 3. The lowest BCUT2D eigenvalue weighted by Crippen LogP contribution is -2.36. The summed E-state index contributed by atoms with van der Waals surface area (Å²) in [7, 11) is 2.43. The van der Waals surface area contributed by atoms with Crippen molar-refractivity contribution < 1.29 is 38.1 Å². The van der Waals surface area contributed by atoms with Gasteiger partial charge in [0.15, 0.2) is 23.1 Å². The van der Waals surface area contributed by atoms with Crippen molar-refractivity contribution in [3.63, 3.8) is 0 Å². The van der Waals surface area contributed by atoms with Crippen LogP contribution < -0.4 is 10.5 Å². The number of benzene rings is 3. The molecule has 1 heterocycles. The summed E-state index contributed by atoms with van der Waals surface area (Å²) in [5.74, 6) is -4.70. The summed E-state index contributed by atoms with van der Waals surface area (Å²) in [5, 5.41) is 19.7. The summed E-state index contributed by atoms with van der Waals surface area (Å²) < 4.78 is 38.1. The van der Waals surface area contributed by atoms with Gasteiger partial charge in [0.2, 0.25) is 5.60 Å². The first-order chi connectivity index (χ1) is 19.4. The van der Waals surface area contributed by atoms with Crippen LogP contribution in [0.15, 0.2) is 54.6 Å². The number of ether oxygens (including phenoxy) is 2. The fourth-order valence-corrected chi connectivity index (χ4v) is 4.98. The summed E-state index contributed by atoms with van der Waals surface area (Å²) in [6.45, 7) is 0. The average molecular weight is 624 g/mol. The molecule has 4 N–H and O–H groups in total. The standard InChI is InChI=1S/C15H11ClO3.C13H8Cl2F2N2O3/c1-19-14(17)15(18)12-5-3-2-4-10(12)11-7-6-9(16)8-13(11)15;1-22-12-5(14)3-2-4(7(12)16)10-8(17)9(18)6(15)11(19-10)13(20)21/h2-8,18H,1H3;2-3H,1H3,(H2,18,19)(H,20,21). The Bertz CT molecular complexity index is 1720. The van der Waals surface area contributed by atoms with E-state index in [1.165, 1.54) is 20.3 Å². The molecular formula is C28H19Cl3F2N2O6. The van der Waals surface area contributed by atoms with E-state index in [2.05, 4.69) is 4.98 Å². The summed E-state index contributed by atoms with van der Waals surface area (Å²) in [6.07, 6.45) is 0. The highest BCUT2D eigenvalue weighted by molar-refractivity contribution is 6.35. The second kappa shape index (κ2) is 11.5. The molecular weight excluding hydrogens is 605 g/mol. The quantitative estimate of drug-likeness (QED) is 0.224. The SMILES string of the molecule is COC(=O)C1(O)c2ccccc2-c2ccc(Cl)cc21.COc1c(Cl)ccc(-c2nc(C(=O)O)c(Cl)c(N)c2F)c1F. The second-order valence-corrected chi connectivity index (χ2v) is 9.76. The van der Waals surface area contributed by atoms with Crippen molar-refractivity contribution in [1.29, 1.82) is 0 Å². The van der Waals surface area contributed by atoms with Gasteiger partial charge >= 0.3 is 11.9 Å². The second-order valence-electron chi connectivity index (χ2n) is 8.54. The van der Waals surface area contributed by atoms with E-state index in [-0.39, 0.29) is 16.3 Å². The third-order valence-corrected chi connectivity index (χ3v) is 7.20. The van der Waals surface area contributed by atoms with Gasteiger partial charge in [0, 0.05) is 21.7 Å². The summed E-state index contributed by atoms with van der Waals surface area (Å²) >= 11 is 17.4. The highest BCUT2D eigenvalue weighted by Gasteiger charge is 2.49. The van der Waals surface area contributed by atoms with E-state index in [0.717, 1.165) is 17.2 Å². The number of carbonyl (C=O) groups excluding carboxylic acids is 1. The fourth-order valence-electron chi connectivity index (χ4n) is 4.38. The molecule has 0 saturated carbocycles. The largest absolute Gasteiger partial charge is 0.492 e. The van der Waals surface area contributed by atoms with E-state index in [1.807, 2.05) is 12.1 Å². The highest BCUT2D eigenvalue weighted by atomic mass is 35.5. The number of aromatic carboxylic acids is 1. The molecule has 1 unspecified atom stereocenters. The fraction of sp³-hybridized carbons (Fsp3) is 0.107. The third kappa shape index (κ3) is 5.04. The van der Waals surface area contributed by atoms with E-state index in [0.29, 0.717) is 16.1 Å². The number of nitrogens with two attached hydrogens (primary N) is 1. The number of esters is 1. The van der Waals surface area contributed by atoms with Crippen LogP contribution in [0.25, 0.3) is 22.4 Å². The number of aliphatic hydroxyl groups is 1. The molecule has 1 aliphatic rings. The van der Waals surface area contributed by atoms with Crippen molar-refractivity contribution in [3.05, 3.63) is 98.1 Å². The monoisotopic (exact) mass is 622 g/mol. The molecule has 0 bridgehead atoms. The van der Waals surface area contributed by atoms with Crippen LogP contribution in [-0.4, -0.2) is 41.4 Å². The number of carbonyl (C=O) groups is 2. The molecule has 5 rings (SSSR count). The first kappa shape index (κ1) is 30.0. The van der Waals surface area contributed by atoms with Gasteiger partial charge in [-0.25, -0.2) is 23.4 Å². The molecule has 8 nitrogen and oxygen atoms in total. The Hall–Kier alpha value is -3.96. The molecule has 1 aromatic heterocycles. The molecule has 0 spiro atoms. The average Bonchev–Trinajstić information content (AvgIpc) is 3.21. The van der Waals surface area contributed by atoms with Crippen LogP contribution >= 0.6 is 34.8 Å². The van der Waals surface area contributed by atoms with Gasteiger partial charge in [-0.05, 0) is 35.4 Å². The highest BCUT2D eigenvalue weighted by Crippen LogP contribution is 2.48. The molecule has 1 aliphatic carbocycles. The number of methoxy groups -OCH3 is 2. The number of pyridine rings is 1. The summed E-state index contributed by atoms with van der Waals surface area (Å²) in [4.78, 5) is 26.7. The minimum absolute atomic E-state index is 0.0375. The van der Waals surface area contributed by atoms with E-state index in [9.17, 15) is 23.5 Å². The Morgan fingerprint density at radius 3 is 2.20 bits per heavy atom. The minimum atomic E-state index is -1.79. The number of nitrogens with zero attached hydrogens (tertiary/aromatic N) is 1. The van der Waals surface area contributed by atoms with Crippen LogP contribution in [0.2, 0.25) is 15.1 Å². The van der Waals surface area contributed by atoms with Crippen LogP contribution in [0, 0.1) is 11.6 Å². The first-order valence-electron chi connectivity index (χ1n) is 11.5. The molecule has 0 aliphatic heterocycles. The minimum Gasteiger partial charge on any atom is -0.492 e. The zero-order valence-electron chi connectivity index (χ0n) is 21.1. The maximum atomic E-state index is 14.3. The number of rotatable bonds is 4. The Kier molecular flexibility index (Phi) is 8.41. The lowest BCUT2D eigenvalue weighted by Gasteiger charge is -2.22. The predicted molar refractivity (Wildman–Crippen MR) is 149 cm³/mol. The van der Waals surface area contributed by atoms with Gasteiger partial charge in [0.1, 0.15) is 5.69 Å². The maximum absolute atomic E-state index is 14.3. The Morgan fingerprint density at radius 2 is 1.56 bits per heavy atom. The lowest BCUT2D eigenvalue weighted by molar-refractivity contribution is -0.158. The Balaban J connectivity index is 0.000000191. The molecule has 0 fully saturated rings. The van der Waals surface area contributed by atoms with Crippen LogP contribution in [0.4, 0.5) is 14.5 Å². The number of hydrogen-bond acceptors (Lipinski definition) is 7. The molecule has 13 heteroatoms. The molecule has 212 valence electrons. The van der Waals surface area contributed by atoms with E-state index >= 15 is 0 Å². The molecule has 0 saturated heterocycles. The molecule has 3 aromatic carbocycles. The molecule has 41 heavy (non-hydrogen) atoms. The van der Waals surface area contributed by atoms with Gasteiger partial charge < -0.3 is 25.4 Å². The van der Waals surface area contributed by atoms with Crippen molar-refractivity contribution in [2.45, 2.75) is 5.60 Å². The molecule has 4 aromatic rings. The summed E-state index contributed by atoms with van der Waals surface area (Å²) in [5.41, 5.74) is 3.95. The van der Waals surface area contributed by atoms with Gasteiger partial charge in [0.05, 0.1) is 30.0 Å². The number of aromatic nitrogens is 1. The number of carboxylic acids is 1. The van der Waals surface area contributed by atoms with Crippen molar-refractivity contribution in [2.24, 2.45) is 0 Å². The lowest BCUT2D eigenvalue weighted by atomic mass is 9.91. The van der Waals surface area contributed by atoms with E-state index in [1.54, 1.807) is 30.3 Å². The maximum Gasteiger partial charge on any atom is 0.356 e. The number of nitrogen functional groups attached to an aromatic ring is 1. The van der Waals surface area contributed by atoms with Crippen molar-refractivity contribution in [2.75, 3.05) is 20.0 Å². The molecule has 0 radical (unpaired) electrons. The zero-order chi connectivity index (χ0) is 30.2. The normalized spacial score (nSPS) is 14.8. The van der Waals surface area contributed by atoms with Gasteiger partial charge in [0.25, 0.3) is 0 Å². The Labute approximate surface area is 246 Å². The van der Waals surface area contributed by atoms with Gasteiger partial charge in [-0.15, -0.1) is 0 Å². The van der Waals surface area contributed by atoms with Gasteiger partial charge in [-0.1, -0.05) is 65.1 Å². The molecule has 0 amide bonds. The van der Waals surface area contributed by atoms with Crippen LogP contribution in [0.1, 0.15) is 21.6 Å². The zero-order valence-corrected chi connectivity index (χ0v) is 23.4. The first-order valence-corrected chi connectivity index (χ1v) is 12.6. The van der Waals surface area contributed by atoms with E-state index in [4.69, 9.17) is 55.1 Å². The van der Waals surface area contributed by atoms with Crippen LogP contribution in [-0.2, 0) is 15.1 Å². The van der Waals surface area contributed by atoms with E-state index < -0.39 is 51.3 Å². The van der Waals surface area contributed by atoms with Crippen molar-refractivity contribution >= 4 is 52.4 Å². The Morgan fingerprint density at radius 1 is 0.927 bits per heavy atom. The van der Waals surface area contributed by atoms with Gasteiger partial charge in [-0.3, -0.25) is 0 Å². The topological polar surface area (TPSA) is 132 Å². The third-order valence-electron chi connectivity index (χ3n) is 6.28. The van der Waals surface area contributed by atoms with Crippen LogP contribution in [0.3, 0.4) is 0 Å². The van der Waals surface area contributed by atoms with Crippen molar-refractivity contribution in [1.82, 2.24) is 4.98 Å². The number of hydrogen-bond donors (Lipinski definition) is 3. The number of anilines is 1.